The molecule has 0 spiro atoms. The van der Waals surface area contributed by atoms with Crippen LogP contribution in [0.4, 0.5) is 0 Å². The van der Waals surface area contributed by atoms with E-state index in [1.165, 1.54) is 16.7 Å². The third-order valence-electron chi connectivity index (χ3n) is 3.89. The minimum absolute atomic E-state index is 0.264. The molecule has 0 amide bonds. The first-order chi connectivity index (χ1) is 9.95. The summed E-state index contributed by atoms with van der Waals surface area (Å²) in [5.41, 5.74) is 13.9. The zero-order valence-corrected chi connectivity index (χ0v) is 12.9. The number of rotatable bonds is 2. The van der Waals surface area contributed by atoms with Gasteiger partial charge < -0.3 is 10.2 Å². The lowest BCUT2D eigenvalue weighted by Crippen LogP contribution is -2.14. The Balaban J connectivity index is 2.10. The van der Waals surface area contributed by atoms with Crippen LogP contribution >= 0.6 is 0 Å². The first-order valence-electron chi connectivity index (χ1n) is 7.16. The second kappa shape index (κ2) is 5.01. The monoisotopic (exact) mass is 280 g/mol. The highest BCUT2D eigenvalue weighted by molar-refractivity contribution is 5.73. The van der Waals surface area contributed by atoms with Crippen LogP contribution in [0.5, 0.6) is 0 Å². The fourth-order valence-electron chi connectivity index (χ4n) is 3.02. The summed E-state index contributed by atoms with van der Waals surface area (Å²) in [6, 6.07) is 9.90. The number of hydrogen-bond acceptors (Lipinski definition) is 3. The van der Waals surface area contributed by atoms with E-state index in [1.54, 1.807) is 0 Å². The Hall–Kier alpha value is -2.13. The van der Waals surface area contributed by atoms with Gasteiger partial charge in [-0.15, -0.1) is 0 Å². The minimum Gasteiger partial charge on any atom is -0.457 e. The van der Waals surface area contributed by atoms with Gasteiger partial charge in [0.1, 0.15) is 11.3 Å². The molecule has 0 aliphatic heterocycles. The Kier molecular flexibility index (Phi) is 3.30. The van der Waals surface area contributed by atoms with E-state index in [-0.39, 0.29) is 6.04 Å². The predicted octanol–water partition coefficient (Wildman–Crippen LogP) is 4.11. The van der Waals surface area contributed by atoms with Crippen LogP contribution in [0.25, 0.3) is 11.1 Å². The van der Waals surface area contributed by atoms with E-state index in [1.807, 2.05) is 25.1 Å². The Morgan fingerprint density at radius 1 is 1.00 bits per heavy atom. The molecule has 2 heterocycles. The van der Waals surface area contributed by atoms with E-state index in [0.29, 0.717) is 0 Å². The number of pyridine rings is 1. The number of hydrogen-bond donors (Lipinski definition) is 1. The fraction of sp³-hybridized carbons (Fsp3) is 0.278. The fourth-order valence-corrected chi connectivity index (χ4v) is 3.02. The van der Waals surface area contributed by atoms with Crippen molar-refractivity contribution in [1.29, 1.82) is 0 Å². The molecule has 108 valence electrons. The minimum atomic E-state index is -0.264. The molecule has 3 nitrogen and oxygen atoms in total. The standard InChI is InChI=1S/C18H20N2O/c1-10-7-11(2)17(12(3)8-10)18(19)16-9-14-15(21-16)6-5-13(4)20-14/h5-9,18H,19H2,1-4H3. The number of benzene rings is 1. The Morgan fingerprint density at radius 2 is 1.67 bits per heavy atom. The lowest BCUT2D eigenvalue weighted by Gasteiger charge is -2.16. The van der Waals surface area contributed by atoms with Gasteiger partial charge in [0, 0.05) is 11.8 Å². The summed E-state index contributed by atoms with van der Waals surface area (Å²) in [6.45, 7) is 8.27. The van der Waals surface area contributed by atoms with E-state index in [9.17, 15) is 0 Å². The van der Waals surface area contributed by atoms with Gasteiger partial charge in [0.2, 0.25) is 0 Å². The number of furan rings is 1. The van der Waals surface area contributed by atoms with Crippen LogP contribution < -0.4 is 5.73 Å². The SMILES string of the molecule is Cc1cc(C)c(C(N)c2cc3nc(C)ccc3o2)c(C)c1. The third-order valence-corrected chi connectivity index (χ3v) is 3.89. The summed E-state index contributed by atoms with van der Waals surface area (Å²) < 4.78 is 5.89. The van der Waals surface area contributed by atoms with Gasteiger partial charge in [-0.25, -0.2) is 4.98 Å². The first kappa shape index (κ1) is 13.8. The molecule has 0 aliphatic carbocycles. The average Bonchev–Trinajstić information content (AvgIpc) is 2.80. The molecule has 21 heavy (non-hydrogen) atoms. The number of aromatic nitrogens is 1. The van der Waals surface area contributed by atoms with Gasteiger partial charge in [0.25, 0.3) is 0 Å². The van der Waals surface area contributed by atoms with Gasteiger partial charge in [-0.2, -0.15) is 0 Å². The van der Waals surface area contributed by atoms with Crippen LogP contribution in [0.3, 0.4) is 0 Å². The van der Waals surface area contributed by atoms with Crippen molar-refractivity contribution >= 4 is 11.1 Å². The maximum absolute atomic E-state index is 6.45. The van der Waals surface area contributed by atoms with Gasteiger partial charge in [-0.1, -0.05) is 17.7 Å². The smallest absolute Gasteiger partial charge is 0.152 e. The number of aryl methyl sites for hydroxylation is 4. The van der Waals surface area contributed by atoms with Gasteiger partial charge in [0.05, 0.1) is 6.04 Å². The second-order valence-corrected chi connectivity index (χ2v) is 5.77. The molecule has 2 N–H and O–H groups in total. The summed E-state index contributed by atoms with van der Waals surface area (Å²) >= 11 is 0. The average molecular weight is 280 g/mol. The molecule has 1 unspecified atom stereocenters. The molecular formula is C18H20N2O. The van der Waals surface area contributed by atoms with Crippen LogP contribution in [0.1, 0.15) is 39.7 Å². The molecule has 0 bridgehead atoms. The van der Waals surface area contributed by atoms with Gasteiger partial charge >= 0.3 is 0 Å². The summed E-state index contributed by atoms with van der Waals surface area (Å²) in [6.07, 6.45) is 0. The Morgan fingerprint density at radius 3 is 2.33 bits per heavy atom. The normalized spacial score (nSPS) is 12.8. The molecule has 2 aromatic heterocycles. The van der Waals surface area contributed by atoms with Crippen molar-refractivity contribution in [2.75, 3.05) is 0 Å². The molecular weight excluding hydrogens is 260 g/mol. The van der Waals surface area contributed by atoms with E-state index in [2.05, 4.69) is 37.9 Å². The zero-order chi connectivity index (χ0) is 15.1. The third kappa shape index (κ3) is 2.45. The summed E-state index contributed by atoms with van der Waals surface area (Å²) in [4.78, 5) is 4.48. The van der Waals surface area contributed by atoms with E-state index in [4.69, 9.17) is 10.2 Å². The number of fused-ring (bicyclic) bond motifs is 1. The summed E-state index contributed by atoms with van der Waals surface area (Å²) in [5, 5.41) is 0. The van der Waals surface area contributed by atoms with Crippen molar-refractivity contribution in [3.05, 3.63) is 64.0 Å². The van der Waals surface area contributed by atoms with Crippen molar-refractivity contribution in [3.8, 4) is 0 Å². The van der Waals surface area contributed by atoms with Crippen molar-refractivity contribution in [3.63, 3.8) is 0 Å². The first-order valence-corrected chi connectivity index (χ1v) is 7.16. The number of nitrogens with two attached hydrogens (primary N) is 1. The Labute approximate surface area is 124 Å². The molecule has 0 aliphatic rings. The maximum Gasteiger partial charge on any atom is 0.152 e. The highest BCUT2D eigenvalue weighted by atomic mass is 16.3. The van der Waals surface area contributed by atoms with Crippen LogP contribution in [-0.4, -0.2) is 4.98 Å². The van der Waals surface area contributed by atoms with Crippen molar-refractivity contribution in [2.45, 2.75) is 33.7 Å². The largest absolute Gasteiger partial charge is 0.457 e. The molecule has 0 saturated heterocycles. The lowest BCUT2D eigenvalue weighted by atomic mass is 9.93. The van der Waals surface area contributed by atoms with Crippen LogP contribution in [0.15, 0.2) is 34.7 Å². The zero-order valence-electron chi connectivity index (χ0n) is 12.9. The van der Waals surface area contributed by atoms with Crippen LogP contribution in [-0.2, 0) is 0 Å². The topological polar surface area (TPSA) is 52.0 Å². The quantitative estimate of drug-likeness (QED) is 0.768. The molecule has 1 aromatic carbocycles. The molecule has 0 fully saturated rings. The molecule has 3 rings (SSSR count). The van der Waals surface area contributed by atoms with E-state index >= 15 is 0 Å². The molecule has 0 radical (unpaired) electrons. The highest BCUT2D eigenvalue weighted by Crippen LogP contribution is 2.30. The van der Waals surface area contributed by atoms with Gasteiger partial charge in [0.15, 0.2) is 5.58 Å². The molecule has 1 atom stereocenters. The Bertz CT molecular complexity index is 794. The molecule has 3 heteroatoms. The van der Waals surface area contributed by atoms with E-state index in [0.717, 1.165) is 28.1 Å². The van der Waals surface area contributed by atoms with Crippen molar-refractivity contribution < 1.29 is 4.42 Å². The van der Waals surface area contributed by atoms with Crippen LogP contribution in [0.2, 0.25) is 0 Å². The van der Waals surface area contributed by atoms with Crippen LogP contribution in [0, 0.1) is 27.7 Å². The van der Waals surface area contributed by atoms with Gasteiger partial charge in [-0.05, 0) is 56.5 Å². The van der Waals surface area contributed by atoms with Crippen molar-refractivity contribution in [2.24, 2.45) is 5.73 Å². The molecule has 0 saturated carbocycles. The van der Waals surface area contributed by atoms with Gasteiger partial charge in [-0.3, -0.25) is 0 Å². The molecule has 3 aromatic rings. The second-order valence-electron chi connectivity index (χ2n) is 5.77. The maximum atomic E-state index is 6.45. The number of nitrogens with zero attached hydrogens (tertiary/aromatic N) is 1. The van der Waals surface area contributed by atoms with Crippen molar-refractivity contribution in [1.82, 2.24) is 4.98 Å². The predicted molar refractivity (Wildman–Crippen MR) is 85.4 cm³/mol. The summed E-state index contributed by atoms with van der Waals surface area (Å²) in [7, 11) is 0. The lowest BCUT2D eigenvalue weighted by molar-refractivity contribution is 0.523. The summed E-state index contributed by atoms with van der Waals surface area (Å²) in [5.74, 6) is 0.762. The van der Waals surface area contributed by atoms with E-state index < -0.39 is 0 Å². The highest BCUT2D eigenvalue weighted by Gasteiger charge is 2.19.